The van der Waals surface area contributed by atoms with Gasteiger partial charge >= 0.3 is 6.03 Å². The lowest BCUT2D eigenvalue weighted by Gasteiger charge is -2.21. The number of rotatable bonds is 7. The van der Waals surface area contributed by atoms with E-state index in [0.717, 1.165) is 48.5 Å². The molecule has 1 aliphatic rings. The van der Waals surface area contributed by atoms with E-state index in [1.165, 1.54) is 5.56 Å². The van der Waals surface area contributed by atoms with Gasteiger partial charge in [0.1, 0.15) is 11.5 Å². The van der Waals surface area contributed by atoms with E-state index >= 15 is 0 Å². The maximum atomic E-state index is 13.4. The highest BCUT2D eigenvalue weighted by Gasteiger charge is 2.36. The summed E-state index contributed by atoms with van der Waals surface area (Å²) in [5.41, 5.74) is 4.46. The molecule has 0 unspecified atom stereocenters. The minimum atomic E-state index is -0.225. The van der Waals surface area contributed by atoms with Gasteiger partial charge in [0.25, 0.3) is 0 Å². The quantitative estimate of drug-likeness (QED) is 0.378. The number of nitrogens with one attached hydrogen (secondary N) is 2. The van der Waals surface area contributed by atoms with Gasteiger partial charge in [0.05, 0.1) is 5.69 Å². The Labute approximate surface area is 205 Å². The molecule has 0 bridgehead atoms. The maximum absolute atomic E-state index is 13.4. The number of methoxy groups -OCH3 is 1. The Bertz CT molecular complexity index is 1290. The SMILES string of the molecule is COCC[C@@H]1C[C@@H](NC(=O)Nc2c(-c3ccccc3)nc3c(C)nccn23)[C@H](c2ccccc2)C1. The molecular formula is C28H31N5O2. The number of carbonyl (C=O) groups excluding carboxylic acids is 1. The molecule has 2 aromatic heterocycles. The molecule has 0 saturated heterocycles. The molecule has 3 atom stereocenters. The maximum Gasteiger partial charge on any atom is 0.320 e. The van der Waals surface area contributed by atoms with E-state index in [1.807, 2.05) is 53.9 Å². The molecule has 0 aliphatic heterocycles. The molecule has 0 spiro atoms. The topological polar surface area (TPSA) is 80.5 Å². The number of anilines is 1. The van der Waals surface area contributed by atoms with Gasteiger partial charge in [-0.05, 0) is 37.7 Å². The molecule has 180 valence electrons. The number of aryl methyl sites for hydroxylation is 1. The summed E-state index contributed by atoms with van der Waals surface area (Å²) in [4.78, 5) is 22.6. The van der Waals surface area contributed by atoms with Gasteiger partial charge in [-0.25, -0.2) is 9.78 Å². The van der Waals surface area contributed by atoms with Crippen LogP contribution in [0.25, 0.3) is 16.9 Å². The standard InChI is InChI=1S/C28H31N5O2/c1-19-26-31-25(22-11-7-4-8-12-22)27(33(26)15-14-29-19)32-28(34)30-24-18-20(13-16-35-2)17-23(24)21-9-5-3-6-10-21/h3-12,14-15,20,23-24H,13,16-18H2,1-2H3,(H2,30,32,34)/t20-,23-,24+/m0/s1. The van der Waals surface area contributed by atoms with Crippen molar-refractivity contribution < 1.29 is 9.53 Å². The molecule has 2 heterocycles. The van der Waals surface area contributed by atoms with Crippen LogP contribution < -0.4 is 10.6 Å². The minimum absolute atomic E-state index is 0.0435. The fraction of sp³-hybridized carbons (Fsp3) is 0.321. The normalized spacial score (nSPS) is 19.7. The van der Waals surface area contributed by atoms with Gasteiger partial charge in [0, 0.05) is 43.6 Å². The third-order valence-electron chi connectivity index (χ3n) is 6.93. The zero-order chi connectivity index (χ0) is 24.2. The number of amides is 2. The van der Waals surface area contributed by atoms with E-state index in [-0.39, 0.29) is 18.0 Å². The zero-order valence-electron chi connectivity index (χ0n) is 20.1. The highest BCUT2D eigenvalue weighted by molar-refractivity contribution is 5.93. The van der Waals surface area contributed by atoms with Crippen LogP contribution in [0.2, 0.25) is 0 Å². The molecule has 2 aromatic carbocycles. The third kappa shape index (κ3) is 4.91. The second kappa shape index (κ2) is 10.3. The summed E-state index contributed by atoms with van der Waals surface area (Å²) in [5.74, 6) is 1.42. The summed E-state index contributed by atoms with van der Waals surface area (Å²) < 4.78 is 7.22. The Morgan fingerprint density at radius 3 is 2.57 bits per heavy atom. The summed E-state index contributed by atoms with van der Waals surface area (Å²) in [7, 11) is 1.74. The minimum Gasteiger partial charge on any atom is -0.385 e. The van der Waals surface area contributed by atoms with Crippen LogP contribution in [0.5, 0.6) is 0 Å². The van der Waals surface area contributed by atoms with Crippen molar-refractivity contribution in [1.82, 2.24) is 19.7 Å². The van der Waals surface area contributed by atoms with Gasteiger partial charge in [0.2, 0.25) is 0 Å². The van der Waals surface area contributed by atoms with Crippen LogP contribution in [-0.2, 0) is 4.74 Å². The van der Waals surface area contributed by atoms with E-state index in [9.17, 15) is 4.79 Å². The predicted octanol–water partition coefficient (Wildman–Crippen LogP) is 5.43. The largest absolute Gasteiger partial charge is 0.385 e. The average molecular weight is 470 g/mol. The van der Waals surface area contributed by atoms with E-state index in [1.54, 1.807) is 13.3 Å². The lowest BCUT2D eigenvalue weighted by Crippen LogP contribution is -2.39. The van der Waals surface area contributed by atoms with Crippen LogP contribution in [0, 0.1) is 12.8 Å². The Morgan fingerprint density at radius 1 is 1.09 bits per heavy atom. The van der Waals surface area contributed by atoms with E-state index in [2.05, 4.69) is 39.9 Å². The van der Waals surface area contributed by atoms with Crippen LogP contribution in [0.1, 0.15) is 36.4 Å². The first-order valence-corrected chi connectivity index (χ1v) is 12.1. The summed E-state index contributed by atoms with van der Waals surface area (Å²) >= 11 is 0. The molecule has 7 heteroatoms. The summed E-state index contributed by atoms with van der Waals surface area (Å²) in [5, 5.41) is 6.40. The number of imidazole rings is 1. The number of nitrogens with zero attached hydrogens (tertiary/aromatic N) is 3. The van der Waals surface area contributed by atoms with Crippen LogP contribution in [-0.4, -0.2) is 40.2 Å². The smallest absolute Gasteiger partial charge is 0.320 e. The zero-order valence-corrected chi connectivity index (χ0v) is 20.1. The third-order valence-corrected chi connectivity index (χ3v) is 6.93. The van der Waals surface area contributed by atoms with Crippen molar-refractivity contribution in [3.63, 3.8) is 0 Å². The van der Waals surface area contributed by atoms with Crippen LogP contribution in [0.15, 0.2) is 73.1 Å². The molecule has 1 aliphatic carbocycles. The Morgan fingerprint density at radius 2 is 1.83 bits per heavy atom. The first-order chi connectivity index (χ1) is 17.1. The van der Waals surface area contributed by atoms with Crippen LogP contribution >= 0.6 is 0 Å². The predicted molar refractivity (Wildman–Crippen MR) is 138 cm³/mol. The van der Waals surface area contributed by atoms with Gasteiger partial charge < -0.3 is 10.1 Å². The Kier molecular flexibility index (Phi) is 6.77. The van der Waals surface area contributed by atoms with Gasteiger partial charge in [-0.3, -0.25) is 14.7 Å². The van der Waals surface area contributed by atoms with Gasteiger partial charge in [-0.2, -0.15) is 0 Å². The van der Waals surface area contributed by atoms with Crippen molar-refractivity contribution >= 4 is 17.5 Å². The Hall–Kier alpha value is -3.71. The molecule has 5 rings (SSSR count). The van der Waals surface area contributed by atoms with Crippen molar-refractivity contribution in [2.45, 2.75) is 38.1 Å². The van der Waals surface area contributed by atoms with Crippen molar-refractivity contribution in [3.05, 3.63) is 84.3 Å². The summed E-state index contributed by atoms with van der Waals surface area (Å²) in [6.45, 7) is 2.66. The summed E-state index contributed by atoms with van der Waals surface area (Å²) in [6, 6.07) is 20.2. The summed E-state index contributed by atoms with van der Waals surface area (Å²) in [6.07, 6.45) is 6.52. The molecule has 2 N–H and O–H groups in total. The fourth-order valence-electron chi connectivity index (χ4n) is 5.22. The number of aromatic nitrogens is 3. The van der Waals surface area contributed by atoms with E-state index < -0.39 is 0 Å². The first-order valence-electron chi connectivity index (χ1n) is 12.1. The number of fused-ring (bicyclic) bond motifs is 1. The fourth-order valence-corrected chi connectivity index (χ4v) is 5.22. The lowest BCUT2D eigenvalue weighted by atomic mass is 9.93. The number of ether oxygens (including phenoxy) is 1. The van der Waals surface area contributed by atoms with Crippen molar-refractivity contribution in [2.75, 3.05) is 19.0 Å². The van der Waals surface area contributed by atoms with E-state index in [0.29, 0.717) is 11.7 Å². The van der Waals surface area contributed by atoms with Crippen LogP contribution in [0.3, 0.4) is 0 Å². The van der Waals surface area contributed by atoms with Crippen molar-refractivity contribution in [2.24, 2.45) is 5.92 Å². The first kappa shape index (κ1) is 23.1. The van der Waals surface area contributed by atoms with Gasteiger partial charge in [-0.15, -0.1) is 0 Å². The highest BCUT2D eigenvalue weighted by atomic mass is 16.5. The van der Waals surface area contributed by atoms with Crippen molar-refractivity contribution in [3.8, 4) is 11.3 Å². The molecule has 1 saturated carbocycles. The molecule has 7 nitrogen and oxygen atoms in total. The number of benzene rings is 2. The molecule has 4 aromatic rings. The van der Waals surface area contributed by atoms with Gasteiger partial charge in [0.15, 0.2) is 5.65 Å². The molecular weight excluding hydrogens is 438 g/mol. The second-order valence-corrected chi connectivity index (χ2v) is 9.22. The Balaban J connectivity index is 1.41. The number of hydrogen-bond donors (Lipinski definition) is 2. The number of hydrogen-bond acceptors (Lipinski definition) is 4. The molecule has 0 radical (unpaired) electrons. The monoisotopic (exact) mass is 469 g/mol. The molecule has 2 amide bonds. The lowest BCUT2D eigenvalue weighted by molar-refractivity contribution is 0.177. The van der Waals surface area contributed by atoms with E-state index in [4.69, 9.17) is 9.72 Å². The van der Waals surface area contributed by atoms with Crippen LogP contribution in [0.4, 0.5) is 10.6 Å². The molecule has 1 fully saturated rings. The second-order valence-electron chi connectivity index (χ2n) is 9.22. The number of carbonyl (C=O) groups is 1. The highest BCUT2D eigenvalue weighted by Crippen LogP contribution is 2.40. The van der Waals surface area contributed by atoms with Gasteiger partial charge in [-0.1, -0.05) is 60.7 Å². The average Bonchev–Trinajstić information content (AvgIpc) is 3.46. The van der Waals surface area contributed by atoms with Crippen molar-refractivity contribution in [1.29, 1.82) is 0 Å². The number of urea groups is 1. The molecule has 35 heavy (non-hydrogen) atoms.